The van der Waals surface area contributed by atoms with Gasteiger partial charge in [-0.2, -0.15) is 0 Å². The third kappa shape index (κ3) is 4.70. The maximum absolute atomic E-state index is 12.5. The summed E-state index contributed by atoms with van der Waals surface area (Å²) in [5.74, 6) is 0.816. The van der Waals surface area contributed by atoms with Crippen molar-refractivity contribution in [1.29, 1.82) is 0 Å². The Hall–Kier alpha value is -3.14. The summed E-state index contributed by atoms with van der Waals surface area (Å²) in [6.07, 6.45) is 4.62. The fourth-order valence-corrected chi connectivity index (χ4v) is 2.84. The van der Waals surface area contributed by atoms with Crippen molar-refractivity contribution in [3.8, 4) is 5.75 Å². The molecule has 1 heterocycles. The van der Waals surface area contributed by atoms with Crippen LogP contribution in [0.1, 0.15) is 29.2 Å². The topological polar surface area (TPSA) is 51.2 Å². The van der Waals surface area contributed by atoms with Crippen LogP contribution >= 0.6 is 0 Å². The Balaban J connectivity index is 1.74. The highest BCUT2D eigenvalue weighted by molar-refractivity contribution is 5.77. The third-order valence-corrected chi connectivity index (χ3v) is 4.28. The summed E-state index contributed by atoms with van der Waals surface area (Å²) in [7, 11) is 1.64. The first kappa shape index (κ1) is 17.7. The van der Waals surface area contributed by atoms with Crippen molar-refractivity contribution in [2.24, 2.45) is 0 Å². The van der Waals surface area contributed by atoms with Gasteiger partial charge in [0.15, 0.2) is 0 Å². The number of pyridine rings is 1. The van der Waals surface area contributed by atoms with Crippen LogP contribution in [0.5, 0.6) is 5.75 Å². The number of aryl methyl sites for hydroxylation is 1. The number of carbonyl (C=O) groups is 1. The van der Waals surface area contributed by atoms with E-state index in [-0.39, 0.29) is 11.9 Å². The van der Waals surface area contributed by atoms with E-state index in [1.807, 2.05) is 66.7 Å². The van der Waals surface area contributed by atoms with Crippen LogP contribution in [0.3, 0.4) is 0 Å². The van der Waals surface area contributed by atoms with E-state index >= 15 is 0 Å². The predicted octanol–water partition coefficient (Wildman–Crippen LogP) is 3.93. The summed E-state index contributed by atoms with van der Waals surface area (Å²) in [4.78, 5) is 16.5. The molecule has 0 radical (unpaired) electrons. The van der Waals surface area contributed by atoms with Crippen LogP contribution in [0.4, 0.5) is 0 Å². The van der Waals surface area contributed by atoms with Crippen molar-refractivity contribution in [2.45, 2.75) is 18.9 Å². The lowest BCUT2D eigenvalue weighted by atomic mass is 9.98. The molecule has 3 rings (SSSR count). The standard InChI is InChI=1S/C22H22N2O2/c1-26-20-10-8-19(9-11-20)22(18-5-3-2-4-6-18)24-21(25)12-7-17-13-15-23-16-14-17/h2-6,8-11,13-16,22H,7,12H2,1H3,(H,24,25). The van der Waals surface area contributed by atoms with Gasteiger partial charge in [-0.3, -0.25) is 9.78 Å². The van der Waals surface area contributed by atoms with E-state index in [1.165, 1.54) is 0 Å². The minimum Gasteiger partial charge on any atom is -0.497 e. The van der Waals surface area contributed by atoms with Crippen LogP contribution < -0.4 is 10.1 Å². The molecule has 4 nitrogen and oxygen atoms in total. The predicted molar refractivity (Wildman–Crippen MR) is 102 cm³/mol. The number of ether oxygens (including phenoxy) is 1. The van der Waals surface area contributed by atoms with Crippen LogP contribution in [0.25, 0.3) is 0 Å². The average molecular weight is 346 g/mol. The molecule has 132 valence electrons. The molecule has 0 spiro atoms. The van der Waals surface area contributed by atoms with Gasteiger partial charge in [0.2, 0.25) is 5.91 Å². The van der Waals surface area contributed by atoms with E-state index in [9.17, 15) is 4.79 Å². The van der Waals surface area contributed by atoms with Gasteiger partial charge in [0.05, 0.1) is 13.2 Å². The molecule has 0 bridgehead atoms. The van der Waals surface area contributed by atoms with Crippen LogP contribution in [-0.2, 0) is 11.2 Å². The van der Waals surface area contributed by atoms with Crippen LogP contribution in [0.2, 0.25) is 0 Å². The molecule has 1 N–H and O–H groups in total. The normalized spacial score (nSPS) is 11.6. The molecule has 0 fully saturated rings. The summed E-state index contributed by atoms with van der Waals surface area (Å²) >= 11 is 0. The molecule has 0 aliphatic rings. The van der Waals surface area contributed by atoms with Crippen molar-refractivity contribution in [3.63, 3.8) is 0 Å². The maximum atomic E-state index is 12.5. The molecule has 4 heteroatoms. The molecule has 0 saturated carbocycles. The van der Waals surface area contributed by atoms with Gasteiger partial charge >= 0.3 is 0 Å². The van der Waals surface area contributed by atoms with Gasteiger partial charge in [0, 0.05) is 18.8 Å². The second-order valence-electron chi connectivity index (χ2n) is 6.04. The molecule has 0 aliphatic heterocycles. The van der Waals surface area contributed by atoms with E-state index in [1.54, 1.807) is 19.5 Å². The van der Waals surface area contributed by atoms with Crippen LogP contribution in [0, 0.1) is 0 Å². The van der Waals surface area contributed by atoms with Gasteiger partial charge in [-0.25, -0.2) is 0 Å². The van der Waals surface area contributed by atoms with E-state index in [0.717, 1.165) is 22.4 Å². The maximum Gasteiger partial charge on any atom is 0.221 e. The number of benzene rings is 2. The molecule has 1 aromatic heterocycles. The minimum atomic E-state index is -0.188. The Bertz CT molecular complexity index is 818. The SMILES string of the molecule is COc1ccc(C(NC(=O)CCc2ccncc2)c2ccccc2)cc1. The zero-order valence-electron chi connectivity index (χ0n) is 14.8. The van der Waals surface area contributed by atoms with Crippen molar-refractivity contribution in [2.75, 3.05) is 7.11 Å². The van der Waals surface area contributed by atoms with E-state index < -0.39 is 0 Å². The smallest absolute Gasteiger partial charge is 0.221 e. The third-order valence-electron chi connectivity index (χ3n) is 4.28. The van der Waals surface area contributed by atoms with Gasteiger partial charge in [-0.05, 0) is 47.4 Å². The van der Waals surface area contributed by atoms with Gasteiger partial charge < -0.3 is 10.1 Å². The zero-order valence-corrected chi connectivity index (χ0v) is 14.8. The average Bonchev–Trinajstić information content (AvgIpc) is 2.72. The van der Waals surface area contributed by atoms with Crippen molar-refractivity contribution < 1.29 is 9.53 Å². The summed E-state index contributed by atoms with van der Waals surface area (Å²) in [6, 6.07) is 21.5. The Labute approximate surface area is 153 Å². The number of hydrogen-bond acceptors (Lipinski definition) is 3. The fraction of sp³-hybridized carbons (Fsp3) is 0.182. The second kappa shape index (κ2) is 8.81. The zero-order chi connectivity index (χ0) is 18.2. The number of carbonyl (C=O) groups excluding carboxylic acids is 1. The number of methoxy groups -OCH3 is 1. The minimum absolute atomic E-state index is 0.0199. The summed E-state index contributed by atoms with van der Waals surface area (Å²) in [5.41, 5.74) is 3.18. The Kier molecular flexibility index (Phi) is 5.99. The first-order chi connectivity index (χ1) is 12.8. The van der Waals surface area contributed by atoms with Crippen LogP contribution in [-0.4, -0.2) is 18.0 Å². The number of nitrogens with one attached hydrogen (secondary N) is 1. The number of amides is 1. The lowest BCUT2D eigenvalue weighted by Crippen LogP contribution is -2.29. The number of hydrogen-bond donors (Lipinski definition) is 1. The van der Waals surface area contributed by atoms with E-state index in [2.05, 4.69) is 10.3 Å². The quantitative estimate of drug-likeness (QED) is 0.705. The fourth-order valence-electron chi connectivity index (χ4n) is 2.84. The Morgan fingerprint density at radius 2 is 1.62 bits per heavy atom. The highest BCUT2D eigenvalue weighted by atomic mass is 16.5. The van der Waals surface area contributed by atoms with Crippen molar-refractivity contribution in [3.05, 3.63) is 95.8 Å². The molecule has 2 aromatic carbocycles. The van der Waals surface area contributed by atoms with Crippen molar-refractivity contribution in [1.82, 2.24) is 10.3 Å². The Morgan fingerprint density at radius 1 is 0.962 bits per heavy atom. The van der Waals surface area contributed by atoms with Gasteiger partial charge in [-0.1, -0.05) is 42.5 Å². The second-order valence-corrected chi connectivity index (χ2v) is 6.04. The molecule has 26 heavy (non-hydrogen) atoms. The molecular formula is C22H22N2O2. The van der Waals surface area contributed by atoms with E-state index in [4.69, 9.17) is 4.74 Å². The molecular weight excluding hydrogens is 324 g/mol. The molecule has 1 amide bonds. The summed E-state index contributed by atoms with van der Waals surface area (Å²) < 4.78 is 5.23. The molecule has 0 saturated heterocycles. The van der Waals surface area contributed by atoms with Gasteiger partial charge in [-0.15, -0.1) is 0 Å². The van der Waals surface area contributed by atoms with Gasteiger partial charge in [0.25, 0.3) is 0 Å². The number of nitrogens with zero attached hydrogens (tertiary/aromatic N) is 1. The molecule has 3 aromatic rings. The molecule has 1 unspecified atom stereocenters. The van der Waals surface area contributed by atoms with Crippen LogP contribution in [0.15, 0.2) is 79.1 Å². The molecule has 1 atom stereocenters. The highest BCUT2D eigenvalue weighted by Crippen LogP contribution is 2.24. The lowest BCUT2D eigenvalue weighted by Gasteiger charge is -2.20. The summed E-state index contributed by atoms with van der Waals surface area (Å²) in [5, 5.41) is 3.16. The number of aromatic nitrogens is 1. The first-order valence-electron chi connectivity index (χ1n) is 8.63. The Morgan fingerprint density at radius 3 is 2.27 bits per heavy atom. The van der Waals surface area contributed by atoms with Crippen molar-refractivity contribution >= 4 is 5.91 Å². The largest absolute Gasteiger partial charge is 0.497 e. The monoisotopic (exact) mass is 346 g/mol. The van der Waals surface area contributed by atoms with Gasteiger partial charge in [0.1, 0.15) is 5.75 Å². The number of rotatable bonds is 7. The molecule has 0 aliphatic carbocycles. The highest BCUT2D eigenvalue weighted by Gasteiger charge is 2.16. The first-order valence-corrected chi connectivity index (χ1v) is 8.63. The lowest BCUT2D eigenvalue weighted by molar-refractivity contribution is -0.121. The summed E-state index contributed by atoms with van der Waals surface area (Å²) in [6.45, 7) is 0. The van der Waals surface area contributed by atoms with E-state index in [0.29, 0.717) is 12.8 Å².